The fourth-order valence-electron chi connectivity index (χ4n) is 2.52. The van der Waals surface area contributed by atoms with Crippen molar-refractivity contribution in [3.05, 3.63) is 38.9 Å². The summed E-state index contributed by atoms with van der Waals surface area (Å²) in [7, 11) is 0. The summed E-state index contributed by atoms with van der Waals surface area (Å²) in [4.78, 5) is 22.8. The van der Waals surface area contributed by atoms with Gasteiger partial charge in [-0.1, -0.05) is 25.4 Å². The monoisotopic (exact) mass is 311 g/mol. The Balaban J connectivity index is 2.22. The molecule has 0 aliphatic carbocycles. The van der Waals surface area contributed by atoms with Crippen molar-refractivity contribution in [2.24, 2.45) is 5.41 Å². The average molecular weight is 312 g/mol. The summed E-state index contributed by atoms with van der Waals surface area (Å²) in [6, 6.07) is 4.05. The molecule has 6 nitrogen and oxygen atoms in total. The van der Waals surface area contributed by atoms with Gasteiger partial charge in [-0.3, -0.25) is 14.9 Å². The molecule has 1 aromatic carbocycles. The lowest BCUT2D eigenvalue weighted by Gasteiger charge is -2.39. The lowest BCUT2D eigenvalue weighted by molar-refractivity contribution is -0.385. The van der Waals surface area contributed by atoms with Gasteiger partial charge in [0, 0.05) is 23.7 Å². The Morgan fingerprint density at radius 3 is 2.86 bits per heavy atom. The number of nitro groups is 1. The van der Waals surface area contributed by atoms with Crippen LogP contribution in [0.25, 0.3) is 0 Å². The quantitative estimate of drug-likeness (QED) is 0.663. The van der Waals surface area contributed by atoms with Crippen molar-refractivity contribution < 1.29 is 9.72 Å². The largest absolute Gasteiger partial charge is 0.348 e. The molecule has 1 saturated heterocycles. The first kappa shape index (κ1) is 15.7. The lowest BCUT2D eigenvalue weighted by Crippen LogP contribution is -2.54. The number of carbonyl (C=O) groups is 1. The van der Waals surface area contributed by atoms with Crippen LogP contribution in [0.2, 0.25) is 5.02 Å². The Kier molecular flexibility index (Phi) is 4.49. The average Bonchev–Trinajstić information content (AvgIpc) is 2.40. The second-order valence-electron chi connectivity index (χ2n) is 5.90. The highest BCUT2D eigenvalue weighted by Gasteiger charge is 2.34. The van der Waals surface area contributed by atoms with Gasteiger partial charge in [-0.15, -0.1) is 0 Å². The van der Waals surface area contributed by atoms with Gasteiger partial charge >= 0.3 is 0 Å². The van der Waals surface area contributed by atoms with Gasteiger partial charge in [0.25, 0.3) is 11.6 Å². The van der Waals surface area contributed by atoms with Crippen molar-refractivity contribution in [1.29, 1.82) is 0 Å². The summed E-state index contributed by atoms with van der Waals surface area (Å²) >= 11 is 5.76. The molecule has 0 spiro atoms. The molecule has 1 aliphatic heterocycles. The number of benzene rings is 1. The summed E-state index contributed by atoms with van der Waals surface area (Å²) < 4.78 is 0. The number of hydrogen-bond acceptors (Lipinski definition) is 4. The van der Waals surface area contributed by atoms with Crippen LogP contribution < -0.4 is 10.6 Å². The van der Waals surface area contributed by atoms with Gasteiger partial charge in [0.1, 0.15) is 5.56 Å². The number of nitrogens with zero attached hydrogens (tertiary/aromatic N) is 1. The zero-order valence-corrected chi connectivity index (χ0v) is 12.7. The number of hydrogen-bond donors (Lipinski definition) is 2. The molecular formula is C14H18ClN3O3. The summed E-state index contributed by atoms with van der Waals surface area (Å²) in [6.07, 6.45) is 0.792. The first-order valence-electron chi connectivity index (χ1n) is 6.77. The molecule has 7 heteroatoms. The van der Waals surface area contributed by atoms with Gasteiger partial charge < -0.3 is 10.6 Å². The van der Waals surface area contributed by atoms with Gasteiger partial charge in [0.15, 0.2) is 0 Å². The summed E-state index contributed by atoms with van der Waals surface area (Å²) in [5.41, 5.74) is -0.333. The highest BCUT2D eigenvalue weighted by molar-refractivity contribution is 6.31. The van der Waals surface area contributed by atoms with E-state index in [4.69, 9.17) is 11.6 Å². The van der Waals surface area contributed by atoms with E-state index >= 15 is 0 Å². The number of rotatable bonds is 3. The topological polar surface area (TPSA) is 84.3 Å². The van der Waals surface area contributed by atoms with Crippen LogP contribution in [-0.4, -0.2) is 30.0 Å². The maximum Gasteiger partial charge on any atom is 0.283 e. The van der Waals surface area contributed by atoms with Crippen molar-refractivity contribution in [2.45, 2.75) is 26.3 Å². The first-order chi connectivity index (χ1) is 9.81. The van der Waals surface area contributed by atoms with E-state index in [2.05, 4.69) is 24.5 Å². The highest BCUT2D eigenvalue weighted by Crippen LogP contribution is 2.27. The van der Waals surface area contributed by atoms with Crippen molar-refractivity contribution in [2.75, 3.05) is 13.1 Å². The zero-order valence-electron chi connectivity index (χ0n) is 12.0. The Morgan fingerprint density at radius 1 is 1.52 bits per heavy atom. The molecule has 114 valence electrons. The molecule has 1 aliphatic rings. The Morgan fingerprint density at radius 2 is 2.24 bits per heavy atom. The standard InChI is InChI=1S/C14H18ClN3O3/c1-14(2)8-16-6-5-12(14)17-13(19)10-4-3-9(15)7-11(10)18(20)21/h3-4,7,12,16H,5-6,8H2,1-2H3,(H,17,19). The molecule has 0 bridgehead atoms. The molecule has 1 unspecified atom stereocenters. The second kappa shape index (κ2) is 5.99. The minimum Gasteiger partial charge on any atom is -0.348 e. The maximum absolute atomic E-state index is 12.4. The minimum atomic E-state index is -0.589. The van der Waals surface area contributed by atoms with Crippen LogP contribution in [0.1, 0.15) is 30.6 Å². The number of nitrogens with one attached hydrogen (secondary N) is 2. The van der Waals surface area contributed by atoms with Gasteiger partial charge in [-0.2, -0.15) is 0 Å². The summed E-state index contributed by atoms with van der Waals surface area (Å²) in [5, 5.41) is 17.5. The number of nitro benzene ring substituents is 1. The van der Waals surface area contributed by atoms with Crippen LogP contribution >= 0.6 is 11.6 Å². The highest BCUT2D eigenvalue weighted by atomic mass is 35.5. The van der Waals surface area contributed by atoms with E-state index in [-0.39, 0.29) is 27.7 Å². The van der Waals surface area contributed by atoms with Crippen LogP contribution in [0.4, 0.5) is 5.69 Å². The molecule has 1 aromatic rings. The molecule has 2 rings (SSSR count). The maximum atomic E-state index is 12.4. The van der Waals surface area contributed by atoms with E-state index in [1.807, 2.05) is 0 Å². The van der Waals surface area contributed by atoms with Gasteiger partial charge in [0.2, 0.25) is 0 Å². The van der Waals surface area contributed by atoms with E-state index in [0.717, 1.165) is 19.5 Å². The van der Waals surface area contributed by atoms with Crippen molar-refractivity contribution in [1.82, 2.24) is 10.6 Å². The van der Waals surface area contributed by atoms with Crippen molar-refractivity contribution in [3.63, 3.8) is 0 Å². The van der Waals surface area contributed by atoms with E-state index in [1.165, 1.54) is 18.2 Å². The Labute approximate surface area is 128 Å². The molecule has 21 heavy (non-hydrogen) atoms. The van der Waals surface area contributed by atoms with Crippen molar-refractivity contribution >= 4 is 23.2 Å². The molecule has 2 N–H and O–H groups in total. The van der Waals surface area contributed by atoms with Crippen LogP contribution in [-0.2, 0) is 0 Å². The molecule has 0 saturated carbocycles. The number of halogens is 1. The zero-order chi connectivity index (χ0) is 15.6. The second-order valence-corrected chi connectivity index (χ2v) is 6.34. The van der Waals surface area contributed by atoms with Crippen LogP contribution in [0.5, 0.6) is 0 Å². The fraction of sp³-hybridized carbons (Fsp3) is 0.500. The minimum absolute atomic E-state index is 0.0264. The fourth-order valence-corrected chi connectivity index (χ4v) is 2.69. The van der Waals surface area contributed by atoms with Gasteiger partial charge in [-0.25, -0.2) is 0 Å². The summed E-state index contributed by atoms with van der Waals surface area (Å²) in [5.74, 6) is -0.432. The number of carbonyl (C=O) groups excluding carboxylic acids is 1. The molecule has 1 amide bonds. The van der Waals surface area contributed by atoms with E-state index < -0.39 is 10.8 Å². The Bertz CT molecular complexity index is 575. The normalized spacial score (nSPS) is 20.8. The number of amides is 1. The predicted molar refractivity (Wildman–Crippen MR) is 80.6 cm³/mol. The van der Waals surface area contributed by atoms with Crippen LogP contribution in [0.15, 0.2) is 18.2 Å². The van der Waals surface area contributed by atoms with E-state index in [0.29, 0.717) is 0 Å². The predicted octanol–water partition coefficient (Wildman–Crippen LogP) is 2.37. The molecule has 1 heterocycles. The Hall–Kier alpha value is -1.66. The van der Waals surface area contributed by atoms with Crippen molar-refractivity contribution in [3.8, 4) is 0 Å². The summed E-state index contributed by atoms with van der Waals surface area (Å²) in [6.45, 7) is 5.72. The molecule has 1 atom stereocenters. The smallest absolute Gasteiger partial charge is 0.283 e. The van der Waals surface area contributed by atoms with Crippen LogP contribution in [0, 0.1) is 15.5 Å². The SMILES string of the molecule is CC1(C)CNCCC1NC(=O)c1ccc(Cl)cc1[N+](=O)[O-]. The van der Waals surface area contributed by atoms with Gasteiger partial charge in [-0.05, 0) is 30.5 Å². The third-order valence-corrected chi connectivity index (χ3v) is 4.08. The molecule has 0 radical (unpaired) electrons. The first-order valence-corrected chi connectivity index (χ1v) is 7.14. The van der Waals surface area contributed by atoms with Crippen LogP contribution in [0.3, 0.4) is 0 Å². The van der Waals surface area contributed by atoms with Gasteiger partial charge in [0.05, 0.1) is 4.92 Å². The third-order valence-electron chi connectivity index (χ3n) is 3.84. The van der Waals surface area contributed by atoms with E-state index in [1.54, 1.807) is 0 Å². The third kappa shape index (κ3) is 3.51. The lowest BCUT2D eigenvalue weighted by atomic mass is 9.80. The number of piperidine rings is 1. The van der Waals surface area contributed by atoms with E-state index in [9.17, 15) is 14.9 Å². The molecule has 0 aromatic heterocycles. The molecular weight excluding hydrogens is 294 g/mol. The molecule has 1 fully saturated rings.